The molecular formula is C29H31IN2O4. The normalized spacial score (nSPS) is 12.5. The van der Waals surface area contributed by atoms with Crippen molar-refractivity contribution in [2.75, 3.05) is 11.9 Å². The van der Waals surface area contributed by atoms with Gasteiger partial charge in [0.25, 0.3) is 0 Å². The van der Waals surface area contributed by atoms with E-state index >= 15 is 0 Å². The van der Waals surface area contributed by atoms with Gasteiger partial charge in [-0.05, 0) is 102 Å². The number of ether oxygens (including phenoxy) is 2. The Kier molecular flexibility index (Phi) is 7.59. The summed E-state index contributed by atoms with van der Waals surface area (Å²) in [6.07, 6.45) is -0.991. The zero-order chi connectivity index (χ0) is 26.0. The molecule has 0 radical (unpaired) electrons. The first kappa shape index (κ1) is 26.0. The topological polar surface area (TPSA) is 76.7 Å². The number of amides is 2. The SMILES string of the molecule is Cc1c(CNC(=O)OCC2c3ccccc3-c3ccccc32)cc(NC(=O)OC(C)(C)C)c(C)c1I. The number of nitrogens with one attached hydrogen (secondary N) is 2. The monoisotopic (exact) mass is 598 g/mol. The van der Waals surface area contributed by atoms with Crippen LogP contribution in [0.1, 0.15) is 54.5 Å². The summed E-state index contributed by atoms with van der Waals surface area (Å²) in [7, 11) is 0. The van der Waals surface area contributed by atoms with Crippen molar-refractivity contribution in [3.63, 3.8) is 0 Å². The molecule has 0 atom stereocenters. The number of anilines is 1. The fraction of sp³-hybridized carbons (Fsp3) is 0.310. The van der Waals surface area contributed by atoms with Crippen molar-refractivity contribution in [3.05, 3.63) is 86.0 Å². The van der Waals surface area contributed by atoms with E-state index in [9.17, 15) is 9.59 Å². The molecule has 0 unspecified atom stereocenters. The highest BCUT2D eigenvalue weighted by molar-refractivity contribution is 14.1. The number of hydrogen-bond donors (Lipinski definition) is 2. The van der Waals surface area contributed by atoms with Crippen LogP contribution in [0, 0.1) is 17.4 Å². The number of alkyl carbamates (subject to hydrolysis) is 1. The van der Waals surface area contributed by atoms with E-state index in [1.807, 2.05) is 65.0 Å². The number of rotatable bonds is 5. The maximum Gasteiger partial charge on any atom is 0.412 e. The van der Waals surface area contributed by atoms with Crippen molar-refractivity contribution in [2.45, 2.75) is 52.7 Å². The van der Waals surface area contributed by atoms with E-state index in [1.165, 1.54) is 22.3 Å². The third kappa shape index (κ3) is 5.67. The van der Waals surface area contributed by atoms with Crippen LogP contribution in [0.15, 0.2) is 54.6 Å². The van der Waals surface area contributed by atoms with Gasteiger partial charge in [0.15, 0.2) is 0 Å². The van der Waals surface area contributed by atoms with Crippen LogP contribution in [-0.2, 0) is 16.0 Å². The lowest BCUT2D eigenvalue weighted by Gasteiger charge is -2.21. The smallest absolute Gasteiger partial charge is 0.412 e. The minimum absolute atomic E-state index is 0.00911. The second kappa shape index (κ2) is 10.5. The molecule has 1 aliphatic rings. The Morgan fingerprint density at radius 3 is 2.08 bits per heavy atom. The Balaban J connectivity index is 1.42. The maximum absolute atomic E-state index is 12.7. The summed E-state index contributed by atoms with van der Waals surface area (Å²) in [6, 6.07) is 18.4. The third-order valence-corrected chi connectivity index (χ3v) is 7.88. The lowest BCUT2D eigenvalue weighted by Crippen LogP contribution is -2.28. The Labute approximate surface area is 225 Å². The minimum atomic E-state index is -0.593. The Morgan fingerprint density at radius 1 is 0.917 bits per heavy atom. The van der Waals surface area contributed by atoms with E-state index in [0.717, 1.165) is 20.3 Å². The molecular weight excluding hydrogens is 567 g/mol. The molecule has 2 amide bonds. The number of carbonyl (C=O) groups is 2. The van der Waals surface area contributed by atoms with E-state index in [0.29, 0.717) is 5.69 Å². The van der Waals surface area contributed by atoms with Crippen molar-refractivity contribution >= 4 is 40.5 Å². The van der Waals surface area contributed by atoms with Gasteiger partial charge >= 0.3 is 12.2 Å². The second-order valence-corrected chi connectivity index (χ2v) is 11.0. The number of benzene rings is 3. The second-order valence-electron chi connectivity index (χ2n) is 9.95. The van der Waals surface area contributed by atoms with Crippen LogP contribution in [0.5, 0.6) is 0 Å². The molecule has 2 N–H and O–H groups in total. The lowest BCUT2D eigenvalue weighted by molar-refractivity contribution is 0.0635. The maximum atomic E-state index is 12.7. The molecule has 0 aromatic heterocycles. The van der Waals surface area contributed by atoms with Crippen molar-refractivity contribution in [1.82, 2.24) is 5.32 Å². The Morgan fingerprint density at radius 2 is 1.50 bits per heavy atom. The highest BCUT2D eigenvalue weighted by Crippen LogP contribution is 2.44. The number of fused-ring (bicyclic) bond motifs is 3. The van der Waals surface area contributed by atoms with Gasteiger partial charge in [0.2, 0.25) is 0 Å². The van der Waals surface area contributed by atoms with E-state index < -0.39 is 17.8 Å². The first-order chi connectivity index (χ1) is 17.0. The predicted octanol–water partition coefficient (Wildman–Crippen LogP) is 7.29. The Hall–Kier alpha value is -3.07. The van der Waals surface area contributed by atoms with Gasteiger partial charge in [0.1, 0.15) is 12.2 Å². The van der Waals surface area contributed by atoms with Gasteiger partial charge in [-0.15, -0.1) is 0 Å². The number of halogens is 1. The fourth-order valence-corrected chi connectivity index (χ4v) is 5.11. The lowest BCUT2D eigenvalue weighted by atomic mass is 9.98. The highest BCUT2D eigenvalue weighted by Gasteiger charge is 2.29. The van der Waals surface area contributed by atoms with E-state index in [-0.39, 0.29) is 19.1 Å². The molecule has 7 heteroatoms. The molecule has 0 fully saturated rings. The van der Waals surface area contributed by atoms with Crippen LogP contribution >= 0.6 is 22.6 Å². The van der Waals surface area contributed by atoms with Crippen molar-refractivity contribution < 1.29 is 19.1 Å². The molecule has 6 nitrogen and oxygen atoms in total. The summed E-state index contributed by atoms with van der Waals surface area (Å²) in [4.78, 5) is 25.0. The van der Waals surface area contributed by atoms with Crippen molar-refractivity contribution in [3.8, 4) is 11.1 Å². The Bertz CT molecular complexity index is 1270. The van der Waals surface area contributed by atoms with E-state index in [2.05, 4.69) is 57.5 Å². The molecule has 3 aromatic rings. The number of hydrogen-bond acceptors (Lipinski definition) is 4. The number of carbonyl (C=O) groups excluding carboxylic acids is 2. The first-order valence-corrected chi connectivity index (χ1v) is 13.0. The average molecular weight is 598 g/mol. The summed E-state index contributed by atoms with van der Waals surface area (Å²) < 4.78 is 12.1. The van der Waals surface area contributed by atoms with E-state index in [4.69, 9.17) is 9.47 Å². The highest BCUT2D eigenvalue weighted by atomic mass is 127. The average Bonchev–Trinajstić information content (AvgIpc) is 3.15. The summed E-state index contributed by atoms with van der Waals surface area (Å²) in [5, 5.41) is 5.70. The van der Waals surface area contributed by atoms with Gasteiger partial charge in [-0.1, -0.05) is 48.5 Å². The molecule has 0 heterocycles. The third-order valence-electron chi connectivity index (χ3n) is 6.27. The molecule has 4 rings (SSSR count). The van der Waals surface area contributed by atoms with Gasteiger partial charge < -0.3 is 14.8 Å². The largest absolute Gasteiger partial charge is 0.449 e. The van der Waals surface area contributed by atoms with E-state index in [1.54, 1.807) is 0 Å². The van der Waals surface area contributed by atoms with Gasteiger partial charge in [0, 0.05) is 21.7 Å². The molecule has 0 bridgehead atoms. The zero-order valence-electron chi connectivity index (χ0n) is 21.2. The van der Waals surface area contributed by atoms with Crippen LogP contribution < -0.4 is 10.6 Å². The molecule has 36 heavy (non-hydrogen) atoms. The van der Waals surface area contributed by atoms with Crippen molar-refractivity contribution in [1.29, 1.82) is 0 Å². The van der Waals surface area contributed by atoms with Gasteiger partial charge in [-0.25, -0.2) is 9.59 Å². The van der Waals surface area contributed by atoms with Gasteiger partial charge in [0.05, 0.1) is 0 Å². The quantitative estimate of drug-likeness (QED) is 0.303. The summed E-state index contributed by atoms with van der Waals surface area (Å²) in [6.45, 7) is 9.95. The summed E-state index contributed by atoms with van der Waals surface area (Å²) >= 11 is 2.26. The van der Waals surface area contributed by atoms with Crippen LogP contribution in [0.4, 0.5) is 15.3 Å². The van der Waals surface area contributed by atoms with Crippen LogP contribution in [0.3, 0.4) is 0 Å². The standard InChI is InChI=1S/C29H31IN2O4/c1-17-19(14-25(18(2)26(17)30)32-28(34)36-29(3,4)5)15-31-27(33)35-16-24-22-12-8-6-10-20(22)21-11-7-9-13-23(21)24/h6-14,24H,15-16H2,1-5H3,(H,31,33)(H,32,34). The molecule has 1 aliphatic carbocycles. The van der Waals surface area contributed by atoms with Crippen LogP contribution in [0.2, 0.25) is 0 Å². The van der Waals surface area contributed by atoms with Crippen molar-refractivity contribution in [2.24, 2.45) is 0 Å². The summed E-state index contributed by atoms with van der Waals surface area (Å²) in [5.74, 6) is 0.00911. The molecule has 0 saturated heterocycles. The van der Waals surface area contributed by atoms with Crippen LogP contribution in [0.25, 0.3) is 11.1 Å². The van der Waals surface area contributed by atoms with Crippen LogP contribution in [-0.4, -0.2) is 24.4 Å². The van der Waals surface area contributed by atoms with Gasteiger partial charge in [-0.3, -0.25) is 5.32 Å². The summed E-state index contributed by atoms with van der Waals surface area (Å²) in [5.41, 5.74) is 7.68. The minimum Gasteiger partial charge on any atom is -0.449 e. The first-order valence-electron chi connectivity index (χ1n) is 11.9. The molecule has 188 valence electrons. The fourth-order valence-electron chi connectivity index (χ4n) is 4.48. The molecule has 0 spiro atoms. The molecule has 0 saturated carbocycles. The predicted molar refractivity (Wildman–Crippen MR) is 150 cm³/mol. The molecule has 3 aromatic carbocycles. The zero-order valence-corrected chi connectivity index (χ0v) is 23.4. The van der Waals surface area contributed by atoms with Gasteiger partial charge in [-0.2, -0.15) is 0 Å². The molecule has 0 aliphatic heterocycles.